The van der Waals surface area contributed by atoms with Crippen LogP contribution in [0.15, 0.2) is 36.4 Å². The monoisotopic (exact) mass is 356 g/mol. The van der Waals surface area contributed by atoms with Crippen molar-refractivity contribution in [2.75, 3.05) is 0 Å². The van der Waals surface area contributed by atoms with Gasteiger partial charge in [0.1, 0.15) is 18.2 Å². The average molecular weight is 356 g/mol. The van der Waals surface area contributed by atoms with Crippen molar-refractivity contribution in [3.8, 4) is 5.75 Å². The number of carbonyl (C=O) groups excluding carboxylic acids is 1. The van der Waals surface area contributed by atoms with Crippen molar-refractivity contribution in [1.29, 1.82) is 0 Å². The van der Waals surface area contributed by atoms with Gasteiger partial charge in [0.15, 0.2) is 0 Å². The summed E-state index contributed by atoms with van der Waals surface area (Å²) in [5.41, 5.74) is 9.86. The molecule has 138 valence electrons. The fourth-order valence-electron chi connectivity index (χ4n) is 3.36. The van der Waals surface area contributed by atoms with E-state index >= 15 is 0 Å². The summed E-state index contributed by atoms with van der Waals surface area (Å²) in [5, 5.41) is 3.17. The molecule has 1 aliphatic rings. The van der Waals surface area contributed by atoms with E-state index in [1.165, 1.54) is 28.8 Å². The van der Waals surface area contributed by atoms with Crippen LogP contribution in [0.2, 0.25) is 0 Å². The molecule has 0 bridgehead atoms. The molecule has 1 atom stereocenters. The van der Waals surface area contributed by atoms with Crippen LogP contribution < -0.4 is 15.8 Å². The number of hydrogen-bond acceptors (Lipinski definition) is 3. The van der Waals surface area contributed by atoms with E-state index in [1.807, 2.05) is 18.2 Å². The molecule has 0 aromatic heterocycles. The summed E-state index contributed by atoms with van der Waals surface area (Å²) in [6, 6.07) is 10.1. The number of halogens is 1. The summed E-state index contributed by atoms with van der Waals surface area (Å²) < 4.78 is 19.3. The number of ether oxygens (including phenoxy) is 1. The standard InChI is InChI=1S/C21H25FN2O2/c1-14(21(23)25)24-12-16-9-10-20(19-8-3-2-7-18(16)19)26-13-15-5-4-6-17(22)11-15/h4-6,9-11,14,24H,2-3,7-8,12-13H2,1H3,(H2,23,25)/t14-/m0/s1. The van der Waals surface area contributed by atoms with Crippen LogP contribution in [0.3, 0.4) is 0 Å². The van der Waals surface area contributed by atoms with Crippen molar-refractivity contribution in [2.24, 2.45) is 5.73 Å². The van der Waals surface area contributed by atoms with Crippen LogP contribution in [0.1, 0.15) is 42.0 Å². The minimum atomic E-state index is -0.363. The number of nitrogens with two attached hydrogens (primary N) is 1. The van der Waals surface area contributed by atoms with Gasteiger partial charge >= 0.3 is 0 Å². The minimum Gasteiger partial charge on any atom is -0.489 e. The lowest BCUT2D eigenvalue weighted by Crippen LogP contribution is -2.38. The molecular formula is C21H25FN2O2. The van der Waals surface area contributed by atoms with Gasteiger partial charge in [-0.3, -0.25) is 4.79 Å². The van der Waals surface area contributed by atoms with Crippen LogP contribution in [-0.2, 0) is 30.8 Å². The van der Waals surface area contributed by atoms with Crippen molar-refractivity contribution in [3.05, 3.63) is 64.5 Å². The SMILES string of the molecule is C[C@H](NCc1ccc(OCc2cccc(F)c2)c2c1CCCC2)C(N)=O. The van der Waals surface area contributed by atoms with E-state index in [0.717, 1.165) is 37.0 Å². The Kier molecular flexibility index (Phi) is 5.89. The van der Waals surface area contributed by atoms with Crippen molar-refractivity contribution in [3.63, 3.8) is 0 Å². The van der Waals surface area contributed by atoms with Gasteiger partial charge in [-0.05, 0) is 73.1 Å². The third-order valence-corrected chi connectivity index (χ3v) is 4.90. The number of hydrogen-bond donors (Lipinski definition) is 2. The second kappa shape index (κ2) is 8.32. The summed E-state index contributed by atoms with van der Waals surface area (Å²) in [4.78, 5) is 11.2. The molecule has 1 amide bonds. The number of rotatable bonds is 7. The summed E-state index contributed by atoms with van der Waals surface area (Å²) >= 11 is 0. The fraction of sp³-hybridized carbons (Fsp3) is 0.381. The van der Waals surface area contributed by atoms with Gasteiger partial charge in [-0.1, -0.05) is 18.2 Å². The maximum atomic E-state index is 13.3. The van der Waals surface area contributed by atoms with Crippen LogP contribution in [0.4, 0.5) is 4.39 Å². The predicted octanol–water partition coefficient (Wildman–Crippen LogP) is 3.25. The lowest BCUT2D eigenvalue weighted by molar-refractivity contribution is -0.119. The van der Waals surface area contributed by atoms with Gasteiger partial charge in [0, 0.05) is 6.54 Å². The largest absolute Gasteiger partial charge is 0.489 e. The zero-order chi connectivity index (χ0) is 18.5. The molecule has 0 saturated carbocycles. The Bertz CT molecular complexity index is 792. The van der Waals surface area contributed by atoms with Gasteiger partial charge in [0.25, 0.3) is 0 Å². The average Bonchev–Trinajstić information content (AvgIpc) is 2.64. The fourth-order valence-corrected chi connectivity index (χ4v) is 3.36. The number of benzene rings is 2. The molecule has 4 nitrogen and oxygen atoms in total. The number of fused-ring (bicyclic) bond motifs is 1. The van der Waals surface area contributed by atoms with Crippen molar-refractivity contribution < 1.29 is 13.9 Å². The number of carbonyl (C=O) groups is 1. The highest BCUT2D eigenvalue weighted by atomic mass is 19.1. The maximum absolute atomic E-state index is 13.3. The molecule has 3 N–H and O–H groups in total. The number of nitrogens with one attached hydrogen (secondary N) is 1. The summed E-state index contributed by atoms with van der Waals surface area (Å²) in [5.74, 6) is 0.266. The van der Waals surface area contributed by atoms with Crippen molar-refractivity contribution in [2.45, 2.75) is 51.8 Å². The molecule has 0 radical (unpaired) electrons. The normalized spacial score (nSPS) is 14.5. The Labute approximate surface area is 153 Å². The zero-order valence-corrected chi connectivity index (χ0v) is 15.1. The molecule has 0 heterocycles. The van der Waals surface area contributed by atoms with E-state index in [-0.39, 0.29) is 17.8 Å². The highest BCUT2D eigenvalue weighted by Crippen LogP contribution is 2.33. The molecule has 3 rings (SSSR count). The van der Waals surface area contributed by atoms with Gasteiger partial charge in [-0.2, -0.15) is 0 Å². The molecule has 1 aliphatic carbocycles. The second-order valence-corrected chi connectivity index (χ2v) is 6.81. The Morgan fingerprint density at radius 2 is 2.00 bits per heavy atom. The molecule has 5 heteroatoms. The first-order valence-corrected chi connectivity index (χ1v) is 9.08. The lowest BCUT2D eigenvalue weighted by atomic mass is 9.87. The quantitative estimate of drug-likeness (QED) is 0.800. The first kappa shape index (κ1) is 18.4. The van der Waals surface area contributed by atoms with E-state index < -0.39 is 0 Å². The molecule has 26 heavy (non-hydrogen) atoms. The molecular weight excluding hydrogens is 331 g/mol. The smallest absolute Gasteiger partial charge is 0.234 e. The second-order valence-electron chi connectivity index (χ2n) is 6.81. The Hall–Kier alpha value is -2.40. The highest BCUT2D eigenvalue weighted by Gasteiger charge is 2.19. The summed E-state index contributed by atoms with van der Waals surface area (Å²) in [6.45, 7) is 2.72. The van der Waals surface area contributed by atoms with Crippen molar-refractivity contribution >= 4 is 5.91 Å². The third kappa shape index (κ3) is 4.41. The Morgan fingerprint density at radius 3 is 2.73 bits per heavy atom. The van der Waals surface area contributed by atoms with E-state index in [4.69, 9.17) is 10.5 Å². The van der Waals surface area contributed by atoms with Crippen LogP contribution in [-0.4, -0.2) is 11.9 Å². The van der Waals surface area contributed by atoms with Crippen LogP contribution in [0.25, 0.3) is 0 Å². The molecule has 2 aromatic carbocycles. The van der Waals surface area contributed by atoms with Gasteiger partial charge in [-0.25, -0.2) is 4.39 Å². The first-order chi connectivity index (χ1) is 12.5. The van der Waals surface area contributed by atoms with Crippen LogP contribution in [0, 0.1) is 5.82 Å². The lowest BCUT2D eigenvalue weighted by Gasteiger charge is -2.23. The zero-order valence-electron chi connectivity index (χ0n) is 15.1. The Balaban J connectivity index is 1.76. The minimum absolute atomic E-state index is 0.252. The van der Waals surface area contributed by atoms with Gasteiger partial charge in [0.2, 0.25) is 5.91 Å². The van der Waals surface area contributed by atoms with E-state index in [9.17, 15) is 9.18 Å². The predicted molar refractivity (Wildman–Crippen MR) is 99.3 cm³/mol. The first-order valence-electron chi connectivity index (χ1n) is 9.08. The molecule has 0 fully saturated rings. The van der Waals surface area contributed by atoms with E-state index in [1.54, 1.807) is 13.0 Å². The summed E-state index contributed by atoms with van der Waals surface area (Å²) in [7, 11) is 0. The Morgan fingerprint density at radius 1 is 1.23 bits per heavy atom. The molecule has 0 aliphatic heterocycles. The van der Waals surface area contributed by atoms with E-state index in [0.29, 0.717) is 13.2 Å². The molecule has 2 aromatic rings. The number of primary amides is 1. The van der Waals surface area contributed by atoms with Gasteiger partial charge in [0.05, 0.1) is 6.04 Å². The summed E-state index contributed by atoms with van der Waals surface area (Å²) in [6.07, 6.45) is 4.28. The topological polar surface area (TPSA) is 64.3 Å². The van der Waals surface area contributed by atoms with Crippen molar-refractivity contribution in [1.82, 2.24) is 5.32 Å². The number of amides is 1. The molecule has 0 saturated heterocycles. The van der Waals surface area contributed by atoms with Gasteiger partial charge in [-0.15, -0.1) is 0 Å². The van der Waals surface area contributed by atoms with E-state index in [2.05, 4.69) is 5.32 Å². The maximum Gasteiger partial charge on any atom is 0.234 e. The van der Waals surface area contributed by atoms with Crippen LogP contribution >= 0.6 is 0 Å². The third-order valence-electron chi connectivity index (χ3n) is 4.90. The van der Waals surface area contributed by atoms with Crippen LogP contribution in [0.5, 0.6) is 5.75 Å². The molecule has 0 spiro atoms. The highest BCUT2D eigenvalue weighted by molar-refractivity contribution is 5.79. The molecule has 0 unspecified atom stereocenters. The van der Waals surface area contributed by atoms with Gasteiger partial charge < -0.3 is 15.8 Å².